The summed E-state index contributed by atoms with van der Waals surface area (Å²) >= 11 is 0. The van der Waals surface area contributed by atoms with Gasteiger partial charge < -0.3 is 15.0 Å². The lowest BCUT2D eigenvalue weighted by atomic mass is 10.1. The maximum atomic E-state index is 12.9. The summed E-state index contributed by atoms with van der Waals surface area (Å²) in [4.78, 5) is 53.9. The fraction of sp³-hybridized carbons (Fsp3) is 0.217. The van der Waals surface area contributed by atoms with Gasteiger partial charge in [-0.05, 0) is 43.2 Å². The Morgan fingerprint density at radius 2 is 1.84 bits per heavy atom. The number of rotatable bonds is 6. The van der Waals surface area contributed by atoms with Crippen molar-refractivity contribution in [3.63, 3.8) is 0 Å². The Balaban J connectivity index is 1.50. The summed E-state index contributed by atoms with van der Waals surface area (Å²) < 4.78 is 4.59. The Labute approximate surface area is 178 Å². The molecule has 1 aromatic heterocycles. The average molecular weight is 419 g/mol. The van der Waals surface area contributed by atoms with E-state index in [1.54, 1.807) is 0 Å². The standard InChI is InChI=1S/C23H21N3O5/c1-13(23(30)31-2)25-20(27)14-7-8-17-18(11-14)22(29)26(21(17)28)10-9-15-12-24-19-6-4-3-5-16(15)19/h3-8,11-13,24H,9-10H2,1-2H3,(H,25,27)/t13-/m1/s1. The number of H-pyrrole nitrogens is 1. The second kappa shape index (κ2) is 8.06. The third-order valence-corrected chi connectivity index (χ3v) is 5.41. The van der Waals surface area contributed by atoms with Crippen LogP contribution in [0.1, 0.15) is 43.6 Å². The summed E-state index contributed by atoms with van der Waals surface area (Å²) in [5.41, 5.74) is 2.65. The zero-order valence-corrected chi connectivity index (χ0v) is 17.1. The first-order valence-electron chi connectivity index (χ1n) is 9.84. The van der Waals surface area contributed by atoms with Gasteiger partial charge in [0, 0.05) is 29.2 Å². The molecule has 0 aliphatic carbocycles. The Bertz CT molecular complexity index is 1210. The second-order valence-corrected chi connectivity index (χ2v) is 7.35. The monoisotopic (exact) mass is 419 g/mol. The number of para-hydroxylation sites is 1. The topological polar surface area (TPSA) is 109 Å². The maximum absolute atomic E-state index is 12.9. The highest BCUT2D eigenvalue weighted by molar-refractivity contribution is 6.22. The van der Waals surface area contributed by atoms with Gasteiger partial charge in [-0.2, -0.15) is 0 Å². The number of hydrogen-bond donors (Lipinski definition) is 2. The zero-order chi connectivity index (χ0) is 22.1. The lowest BCUT2D eigenvalue weighted by Crippen LogP contribution is -2.39. The number of benzene rings is 2. The minimum absolute atomic E-state index is 0.183. The lowest BCUT2D eigenvalue weighted by Gasteiger charge is -2.13. The lowest BCUT2D eigenvalue weighted by molar-refractivity contribution is -0.142. The number of aromatic amines is 1. The Morgan fingerprint density at radius 3 is 2.61 bits per heavy atom. The number of amides is 3. The van der Waals surface area contributed by atoms with Crippen LogP contribution in [0.5, 0.6) is 0 Å². The van der Waals surface area contributed by atoms with Gasteiger partial charge in [-0.1, -0.05) is 18.2 Å². The number of aromatic nitrogens is 1. The number of nitrogens with one attached hydrogen (secondary N) is 2. The first-order valence-corrected chi connectivity index (χ1v) is 9.84. The van der Waals surface area contributed by atoms with Crippen LogP contribution in [-0.4, -0.2) is 53.3 Å². The normalized spacial score (nSPS) is 13.9. The van der Waals surface area contributed by atoms with E-state index < -0.39 is 23.8 Å². The largest absolute Gasteiger partial charge is 0.467 e. The van der Waals surface area contributed by atoms with Crippen LogP contribution in [-0.2, 0) is 16.0 Å². The molecule has 4 rings (SSSR count). The third kappa shape index (κ3) is 3.68. The molecule has 1 aliphatic heterocycles. The Hall–Kier alpha value is -3.94. The molecule has 3 aromatic rings. The molecule has 8 heteroatoms. The minimum Gasteiger partial charge on any atom is -0.467 e. The van der Waals surface area contributed by atoms with Gasteiger partial charge in [0.05, 0.1) is 18.2 Å². The van der Waals surface area contributed by atoms with Crippen molar-refractivity contribution in [2.24, 2.45) is 0 Å². The first kappa shape index (κ1) is 20.3. The summed E-state index contributed by atoms with van der Waals surface area (Å²) in [5, 5.41) is 3.56. The van der Waals surface area contributed by atoms with Crippen molar-refractivity contribution in [1.29, 1.82) is 0 Å². The van der Waals surface area contributed by atoms with Gasteiger partial charge in [-0.15, -0.1) is 0 Å². The first-order chi connectivity index (χ1) is 14.9. The molecule has 0 spiro atoms. The molecule has 31 heavy (non-hydrogen) atoms. The Morgan fingerprint density at radius 1 is 1.10 bits per heavy atom. The van der Waals surface area contributed by atoms with E-state index >= 15 is 0 Å². The van der Waals surface area contributed by atoms with Crippen molar-refractivity contribution in [1.82, 2.24) is 15.2 Å². The highest BCUT2D eigenvalue weighted by atomic mass is 16.5. The van der Waals surface area contributed by atoms with E-state index in [9.17, 15) is 19.2 Å². The molecule has 8 nitrogen and oxygen atoms in total. The quantitative estimate of drug-likeness (QED) is 0.471. The van der Waals surface area contributed by atoms with Gasteiger partial charge >= 0.3 is 5.97 Å². The summed E-state index contributed by atoms with van der Waals surface area (Å²) in [6, 6.07) is 11.3. The van der Waals surface area contributed by atoms with Crippen LogP contribution in [0.4, 0.5) is 0 Å². The molecule has 1 atom stereocenters. The number of imide groups is 1. The fourth-order valence-corrected chi connectivity index (χ4v) is 3.72. The highest BCUT2D eigenvalue weighted by Crippen LogP contribution is 2.25. The molecule has 0 unspecified atom stereocenters. The van der Waals surface area contributed by atoms with Crippen molar-refractivity contribution in [3.05, 3.63) is 70.9 Å². The van der Waals surface area contributed by atoms with Crippen molar-refractivity contribution >= 4 is 34.6 Å². The van der Waals surface area contributed by atoms with Gasteiger partial charge in [0.1, 0.15) is 6.04 Å². The highest BCUT2D eigenvalue weighted by Gasteiger charge is 2.36. The third-order valence-electron chi connectivity index (χ3n) is 5.41. The fourth-order valence-electron chi connectivity index (χ4n) is 3.72. The number of esters is 1. The minimum atomic E-state index is -0.837. The molecular formula is C23H21N3O5. The smallest absolute Gasteiger partial charge is 0.328 e. The van der Waals surface area contributed by atoms with Crippen molar-refractivity contribution in [2.75, 3.05) is 13.7 Å². The van der Waals surface area contributed by atoms with E-state index in [1.807, 2.05) is 30.5 Å². The molecule has 0 bridgehead atoms. The number of fused-ring (bicyclic) bond motifs is 2. The summed E-state index contributed by atoms with van der Waals surface area (Å²) in [6.07, 6.45) is 2.40. The SMILES string of the molecule is COC(=O)[C@@H](C)NC(=O)c1ccc2c(c1)C(=O)N(CCc1c[nH]c3ccccc13)C2=O. The van der Waals surface area contributed by atoms with E-state index in [0.29, 0.717) is 6.42 Å². The molecule has 3 amide bonds. The number of hydrogen-bond acceptors (Lipinski definition) is 5. The molecule has 0 saturated heterocycles. The summed E-state index contributed by atoms with van der Waals surface area (Å²) in [7, 11) is 1.23. The maximum Gasteiger partial charge on any atom is 0.328 e. The summed E-state index contributed by atoms with van der Waals surface area (Å²) in [5.74, 6) is -1.92. The molecular weight excluding hydrogens is 398 g/mol. The van der Waals surface area contributed by atoms with E-state index in [-0.39, 0.29) is 29.1 Å². The van der Waals surface area contributed by atoms with Crippen LogP contribution in [0.2, 0.25) is 0 Å². The average Bonchev–Trinajstić information content (AvgIpc) is 3.30. The molecule has 158 valence electrons. The molecule has 0 radical (unpaired) electrons. The van der Waals surface area contributed by atoms with Crippen molar-refractivity contribution < 1.29 is 23.9 Å². The van der Waals surface area contributed by atoms with Gasteiger partial charge in [0.2, 0.25) is 0 Å². The van der Waals surface area contributed by atoms with E-state index in [0.717, 1.165) is 16.5 Å². The van der Waals surface area contributed by atoms with Crippen LogP contribution < -0.4 is 5.32 Å². The number of ether oxygens (including phenoxy) is 1. The molecule has 0 fully saturated rings. The molecule has 2 aromatic carbocycles. The van der Waals surface area contributed by atoms with Crippen LogP contribution in [0.15, 0.2) is 48.7 Å². The van der Waals surface area contributed by atoms with Crippen LogP contribution in [0.3, 0.4) is 0 Å². The molecule has 2 N–H and O–H groups in total. The van der Waals surface area contributed by atoms with Gasteiger partial charge in [0.25, 0.3) is 17.7 Å². The molecule has 0 saturated carbocycles. The van der Waals surface area contributed by atoms with Gasteiger partial charge in [-0.3, -0.25) is 19.3 Å². The van der Waals surface area contributed by atoms with Gasteiger partial charge in [0.15, 0.2) is 0 Å². The van der Waals surface area contributed by atoms with Gasteiger partial charge in [-0.25, -0.2) is 4.79 Å². The van der Waals surface area contributed by atoms with Crippen LogP contribution in [0.25, 0.3) is 10.9 Å². The van der Waals surface area contributed by atoms with Crippen LogP contribution in [0, 0.1) is 0 Å². The van der Waals surface area contributed by atoms with E-state index in [2.05, 4.69) is 15.0 Å². The number of carbonyl (C=O) groups excluding carboxylic acids is 4. The number of methoxy groups -OCH3 is 1. The predicted molar refractivity (Wildman–Crippen MR) is 113 cm³/mol. The number of nitrogens with zero attached hydrogens (tertiary/aromatic N) is 1. The van der Waals surface area contributed by atoms with Crippen molar-refractivity contribution in [3.8, 4) is 0 Å². The summed E-state index contributed by atoms with van der Waals surface area (Å²) in [6.45, 7) is 1.73. The molecule has 1 aliphatic rings. The predicted octanol–water partition coefficient (Wildman–Crippen LogP) is 2.30. The zero-order valence-electron chi connectivity index (χ0n) is 17.1. The molecule has 2 heterocycles. The second-order valence-electron chi connectivity index (χ2n) is 7.35. The number of carbonyl (C=O) groups is 4. The van der Waals surface area contributed by atoms with E-state index in [4.69, 9.17) is 0 Å². The van der Waals surface area contributed by atoms with Crippen molar-refractivity contribution in [2.45, 2.75) is 19.4 Å². The Kier molecular flexibility index (Phi) is 5.29. The van der Waals surface area contributed by atoms with Crippen LogP contribution >= 0.6 is 0 Å². The van der Waals surface area contributed by atoms with E-state index in [1.165, 1.54) is 37.1 Å².